The van der Waals surface area contributed by atoms with Crippen LogP contribution in [0.1, 0.15) is 0 Å². The molecule has 0 aromatic heterocycles. The fraction of sp³-hybridized carbons (Fsp3) is 1.00. The van der Waals surface area contributed by atoms with Crippen molar-refractivity contribution < 1.29 is 51.9 Å². The van der Waals surface area contributed by atoms with Gasteiger partial charge in [0.15, 0.2) is 0 Å². The monoisotopic (exact) mass is 379 g/mol. The number of hydrogen-bond donors (Lipinski definition) is 5. The molecule has 0 saturated heterocycles. The third kappa shape index (κ3) is 23.3. The van der Waals surface area contributed by atoms with E-state index in [4.69, 9.17) is 10.3 Å². The average Bonchev–Trinajstić information content (AvgIpc) is 1.68. The first-order valence-electron chi connectivity index (χ1n) is 2.08. The van der Waals surface area contributed by atoms with Crippen LogP contribution < -0.4 is 16.0 Å². The van der Waals surface area contributed by atoms with Crippen LogP contribution in [0.5, 0.6) is 0 Å². The van der Waals surface area contributed by atoms with Crippen molar-refractivity contribution in [2.24, 2.45) is 0 Å². The molecule has 62 valence electrons. The van der Waals surface area contributed by atoms with Crippen LogP contribution in [-0.2, 0) is 0 Å². The zero-order valence-electron chi connectivity index (χ0n) is 5.71. The molecule has 0 bridgehead atoms. The fourth-order valence-electron chi connectivity index (χ4n) is 0.151. The molecule has 5 N–H and O–H groups in total. The van der Waals surface area contributed by atoms with Gasteiger partial charge in [0.05, 0.1) is 7.05 Å². The zero-order chi connectivity index (χ0) is 7.86. The molecule has 7 nitrogen and oxygen atoms in total. The Bertz CT molecular complexity index is 47.8. The molecule has 0 aromatic carbocycles. The van der Waals surface area contributed by atoms with Crippen molar-refractivity contribution in [1.82, 2.24) is 5.53 Å². The number of quaternary nitrogens is 2. The summed E-state index contributed by atoms with van der Waals surface area (Å²) in [6.07, 6.45) is 0. The molecule has 10 heavy (non-hydrogen) atoms. The maximum atomic E-state index is 9.76. The summed E-state index contributed by atoms with van der Waals surface area (Å²) in [4.78, 5) is 0. The molecule has 0 aliphatic rings. The van der Waals surface area contributed by atoms with Crippen molar-refractivity contribution in [2.75, 3.05) is 14.2 Å². The van der Waals surface area contributed by atoms with Gasteiger partial charge < -0.3 is 15.5 Å². The SMILES string of the molecule is CO.C[NH+]([O-])N[NH+]([O-])O.[U]. The predicted octanol–water partition coefficient (Wildman–Crippen LogP) is -4.20. The van der Waals surface area contributed by atoms with E-state index in [1.54, 1.807) is 5.53 Å². The Balaban J connectivity index is -0.000000149. The van der Waals surface area contributed by atoms with Crippen LogP contribution in [0.4, 0.5) is 0 Å². The van der Waals surface area contributed by atoms with E-state index < -0.39 is 10.5 Å². The molecule has 0 rings (SSSR count). The first kappa shape index (κ1) is 17.0. The van der Waals surface area contributed by atoms with Gasteiger partial charge in [-0.15, -0.1) is 5.34 Å². The minimum atomic E-state index is -1.31. The van der Waals surface area contributed by atoms with Gasteiger partial charge in [0.1, 0.15) is 0 Å². The van der Waals surface area contributed by atoms with Crippen LogP contribution in [0.15, 0.2) is 0 Å². The van der Waals surface area contributed by atoms with Gasteiger partial charge in [0.2, 0.25) is 0 Å². The second-order valence-electron chi connectivity index (χ2n) is 0.986. The molecule has 0 aliphatic carbocycles. The summed E-state index contributed by atoms with van der Waals surface area (Å²) in [7, 11) is 2.13. The summed E-state index contributed by atoms with van der Waals surface area (Å²) < 4.78 is 0. The average molecular weight is 379 g/mol. The number of rotatable bonds is 2. The molecule has 2 unspecified atom stereocenters. The summed E-state index contributed by atoms with van der Waals surface area (Å²) in [5.41, 5.74) is 1.58. The number of hydrogen-bond acceptors (Lipinski definition) is 5. The first-order chi connectivity index (χ1) is 4.13. The molecule has 0 fully saturated rings. The molecule has 0 aromatic rings. The number of aliphatic hydroxyl groups is 1. The maximum absolute atomic E-state index is 9.76. The summed E-state index contributed by atoms with van der Waals surface area (Å²) in [6.45, 7) is 0. The Morgan fingerprint density at radius 1 is 1.30 bits per heavy atom. The van der Waals surface area contributed by atoms with Crippen LogP contribution in [0.2, 0.25) is 0 Å². The number of hydroxylamine groups is 1. The van der Waals surface area contributed by atoms with Crippen molar-refractivity contribution in [3.05, 3.63) is 10.4 Å². The molecule has 8 heteroatoms. The number of nitrogens with one attached hydrogen (secondary N) is 3. The molecule has 2 atom stereocenters. The largest absolute Gasteiger partial charge is 0.609 e. The van der Waals surface area contributed by atoms with Crippen LogP contribution in [0.3, 0.4) is 0 Å². The van der Waals surface area contributed by atoms with Gasteiger partial charge in [-0.1, -0.05) is 0 Å². The van der Waals surface area contributed by atoms with E-state index >= 15 is 0 Å². The normalized spacial score (nSPS) is 13.8. The van der Waals surface area contributed by atoms with E-state index in [-0.39, 0.29) is 31.1 Å². The van der Waals surface area contributed by atoms with Crippen molar-refractivity contribution in [3.8, 4) is 0 Å². The number of aliphatic hydroxyl groups excluding tert-OH is 1. The van der Waals surface area contributed by atoms with Gasteiger partial charge in [-0.2, -0.15) is 5.21 Å². The minimum Gasteiger partial charge on any atom is -0.609 e. The van der Waals surface area contributed by atoms with Crippen molar-refractivity contribution >= 4 is 0 Å². The predicted molar refractivity (Wildman–Crippen MR) is 27.6 cm³/mol. The molecule has 0 radical (unpaired) electrons. The van der Waals surface area contributed by atoms with Crippen molar-refractivity contribution in [1.29, 1.82) is 0 Å². The van der Waals surface area contributed by atoms with Crippen LogP contribution >= 0.6 is 0 Å². The van der Waals surface area contributed by atoms with E-state index in [1.165, 1.54) is 0 Å². The minimum absolute atomic E-state index is 0. The quantitative estimate of drug-likeness (QED) is 0.313. The Hall–Kier alpha value is 0.772. The Kier molecular flexibility index (Phi) is 21.2. The molecular formula is C2H11N3O4U. The second kappa shape index (κ2) is 12.4. The van der Waals surface area contributed by atoms with E-state index in [0.29, 0.717) is 0 Å². The second-order valence-corrected chi connectivity index (χ2v) is 0.986. The molecule has 0 spiro atoms. The standard InChI is InChI=1S/CH7N3O3.CH4O.U/c1-3(5)2-4(6)7;1-2;/h2-4,6H,1H3;2H,1H3;. The van der Waals surface area contributed by atoms with Crippen LogP contribution in [0, 0.1) is 41.5 Å². The summed E-state index contributed by atoms with van der Waals surface area (Å²) >= 11 is 0. The molecule has 0 saturated carbocycles. The van der Waals surface area contributed by atoms with E-state index in [9.17, 15) is 10.4 Å². The van der Waals surface area contributed by atoms with E-state index in [0.717, 1.165) is 14.2 Å². The van der Waals surface area contributed by atoms with E-state index in [1.807, 2.05) is 0 Å². The first-order valence-corrected chi connectivity index (χ1v) is 2.08. The Morgan fingerprint density at radius 2 is 1.60 bits per heavy atom. The fourth-order valence-corrected chi connectivity index (χ4v) is 0.151. The molecule has 0 heterocycles. The third-order valence-electron chi connectivity index (χ3n) is 0.283. The zero-order valence-corrected chi connectivity index (χ0v) is 9.87. The van der Waals surface area contributed by atoms with Gasteiger partial charge >= 0.3 is 0 Å². The molecule has 0 aliphatic heterocycles. The Morgan fingerprint density at radius 3 is 1.60 bits per heavy atom. The van der Waals surface area contributed by atoms with Gasteiger partial charge in [0.25, 0.3) is 0 Å². The third-order valence-corrected chi connectivity index (χ3v) is 0.283. The van der Waals surface area contributed by atoms with Crippen LogP contribution in [0.25, 0.3) is 0 Å². The topological polar surface area (TPSA) is 107 Å². The van der Waals surface area contributed by atoms with Gasteiger partial charge in [0, 0.05) is 43.8 Å². The smallest absolute Gasteiger partial charge is 0.0881 e. The van der Waals surface area contributed by atoms with E-state index in [2.05, 4.69) is 0 Å². The Labute approximate surface area is 82.0 Å². The molecular weight excluding hydrogens is 368 g/mol. The summed E-state index contributed by atoms with van der Waals surface area (Å²) in [5.74, 6) is 0. The van der Waals surface area contributed by atoms with Crippen molar-refractivity contribution in [3.63, 3.8) is 0 Å². The summed E-state index contributed by atoms with van der Waals surface area (Å²) in [6, 6.07) is 0. The van der Waals surface area contributed by atoms with Gasteiger partial charge in [-0.3, -0.25) is 0 Å². The summed E-state index contributed by atoms with van der Waals surface area (Å²) in [5, 5.41) is 32.1. The maximum Gasteiger partial charge on any atom is 0.0881 e. The van der Waals surface area contributed by atoms with Gasteiger partial charge in [-0.25, -0.2) is 5.17 Å². The van der Waals surface area contributed by atoms with Crippen molar-refractivity contribution in [2.45, 2.75) is 0 Å². The molecule has 0 amide bonds. The van der Waals surface area contributed by atoms with Gasteiger partial charge in [-0.05, 0) is 0 Å². The van der Waals surface area contributed by atoms with Crippen LogP contribution in [-0.4, -0.2) is 24.5 Å².